The van der Waals surface area contributed by atoms with E-state index < -0.39 is 0 Å². The molecule has 0 saturated heterocycles. The Labute approximate surface area is 85.0 Å². The quantitative estimate of drug-likeness (QED) is 0.764. The van der Waals surface area contributed by atoms with Crippen LogP contribution in [0, 0.1) is 0 Å². The fourth-order valence-corrected chi connectivity index (χ4v) is 1.20. The zero-order valence-corrected chi connectivity index (χ0v) is 9.11. The molecule has 1 atom stereocenters. The molecule has 72 valence electrons. The van der Waals surface area contributed by atoms with Gasteiger partial charge in [-0.2, -0.15) is 5.10 Å². The predicted molar refractivity (Wildman–Crippen MR) is 51.3 cm³/mol. The summed E-state index contributed by atoms with van der Waals surface area (Å²) in [7, 11) is 0. The van der Waals surface area contributed by atoms with Crippen LogP contribution < -0.4 is 0 Å². The van der Waals surface area contributed by atoms with Crippen LogP contribution in [0.15, 0.2) is 16.9 Å². The molecule has 0 bridgehead atoms. The Balaban J connectivity index is 2.67. The smallest absolute Gasteiger partial charge is 0.330 e. The molecule has 0 N–H and O–H groups in total. The molecule has 0 aromatic carbocycles. The number of hydrogen-bond acceptors (Lipinski definition) is 3. The number of nitrogens with zero attached hydrogens (tertiary/aromatic N) is 2. The lowest BCUT2D eigenvalue weighted by Crippen LogP contribution is -2.19. The Morgan fingerprint density at radius 1 is 1.85 bits per heavy atom. The van der Waals surface area contributed by atoms with E-state index in [9.17, 15) is 4.79 Å². The summed E-state index contributed by atoms with van der Waals surface area (Å²) in [5.41, 5.74) is 0. The molecule has 0 saturated carbocycles. The lowest BCUT2D eigenvalue weighted by atomic mass is 10.3. The van der Waals surface area contributed by atoms with Crippen molar-refractivity contribution in [2.45, 2.75) is 19.9 Å². The highest BCUT2D eigenvalue weighted by Gasteiger charge is 2.16. The first kappa shape index (κ1) is 10.2. The number of carbonyl (C=O) groups excluding carboxylic acids is 1. The number of hydrogen-bond donors (Lipinski definition) is 0. The average Bonchev–Trinajstić information content (AvgIpc) is 2.51. The molecule has 0 amide bonds. The number of rotatable bonds is 3. The molecular weight excluding hydrogens is 236 g/mol. The van der Waals surface area contributed by atoms with Gasteiger partial charge in [0.2, 0.25) is 0 Å². The van der Waals surface area contributed by atoms with Gasteiger partial charge in [0.1, 0.15) is 6.04 Å². The van der Waals surface area contributed by atoms with Crippen LogP contribution in [0.25, 0.3) is 0 Å². The molecule has 1 unspecified atom stereocenters. The molecule has 0 aliphatic rings. The molecule has 1 rings (SSSR count). The number of carbonyl (C=O) groups is 1. The summed E-state index contributed by atoms with van der Waals surface area (Å²) in [6, 6.07) is -0.369. The lowest BCUT2D eigenvalue weighted by molar-refractivity contribution is -0.146. The Morgan fingerprint density at radius 2 is 2.54 bits per heavy atom. The van der Waals surface area contributed by atoms with Crippen molar-refractivity contribution in [3.05, 3.63) is 16.9 Å². The molecule has 1 aromatic rings. The van der Waals surface area contributed by atoms with Crippen molar-refractivity contribution in [1.29, 1.82) is 0 Å². The molecule has 1 aromatic heterocycles. The van der Waals surface area contributed by atoms with Crippen LogP contribution in [0.5, 0.6) is 0 Å². The van der Waals surface area contributed by atoms with Gasteiger partial charge < -0.3 is 4.74 Å². The van der Waals surface area contributed by atoms with Gasteiger partial charge in [-0.15, -0.1) is 0 Å². The zero-order valence-electron chi connectivity index (χ0n) is 7.53. The SMILES string of the molecule is CCOC(=O)C(C)n1cc(Br)cn1. The van der Waals surface area contributed by atoms with Crippen LogP contribution in [0.1, 0.15) is 19.9 Å². The van der Waals surface area contributed by atoms with E-state index in [-0.39, 0.29) is 12.0 Å². The first-order valence-corrected chi connectivity index (χ1v) is 4.80. The van der Waals surface area contributed by atoms with Crippen molar-refractivity contribution in [3.8, 4) is 0 Å². The van der Waals surface area contributed by atoms with Gasteiger partial charge in [-0.05, 0) is 29.8 Å². The van der Waals surface area contributed by atoms with Crippen molar-refractivity contribution < 1.29 is 9.53 Å². The molecule has 0 aliphatic carbocycles. The van der Waals surface area contributed by atoms with Crippen LogP contribution in [0.2, 0.25) is 0 Å². The topological polar surface area (TPSA) is 44.1 Å². The van der Waals surface area contributed by atoms with Gasteiger partial charge in [-0.1, -0.05) is 0 Å². The van der Waals surface area contributed by atoms with Crippen molar-refractivity contribution in [3.63, 3.8) is 0 Å². The van der Waals surface area contributed by atoms with E-state index in [4.69, 9.17) is 4.74 Å². The van der Waals surface area contributed by atoms with E-state index in [1.807, 2.05) is 0 Å². The van der Waals surface area contributed by atoms with E-state index in [0.717, 1.165) is 4.47 Å². The Kier molecular flexibility index (Phi) is 3.48. The van der Waals surface area contributed by atoms with Crippen molar-refractivity contribution >= 4 is 21.9 Å². The number of halogens is 1. The van der Waals surface area contributed by atoms with Crippen LogP contribution >= 0.6 is 15.9 Å². The van der Waals surface area contributed by atoms with E-state index in [2.05, 4.69) is 21.0 Å². The zero-order chi connectivity index (χ0) is 9.84. The van der Waals surface area contributed by atoms with Gasteiger partial charge in [0.05, 0.1) is 17.3 Å². The molecular formula is C8H11BrN2O2. The molecule has 0 aliphatic heterocycles. The summed E-state index contributed by atoms with van der Waals surface area (Å²) >= 11 is 3.25. The molecule has 1 heterocycles. The fraction of sp³-hybridized carbons (Fsp3) is 0.500. The molecule has 0 spiro atoms. The first-order valence-electron chi connectivity index (χ1n) is 4.01. The minimum absolute atomic E-state index is 0.266. The second-order valence-corrected chi connectivity index (χ2v) is 3.48. The third kappa shape index (κ3) is 2.55. The van der Waals surface area contributed by atoms with Crippen LogP contribution in [0.4, 0.5) is 0 Å². The van der Waals surface area contributed by atoms with Crippen molar-refractivity contribution in [2.75, 3.05) is 6.61 Å². The second kappa shape index (κ2) is 4.41. The minimum Gasteiger partial charge on any atom is -0.464 e. The largest absolute Gasteiger partial charge is 0.464 e. The van der Waals surface area contributed by atoms with E-state index >= 15 is 0 Å². The number of aromatic nitrogens is 2. The molecule has 0 fully saturated rings. The summed E-state index contributed by atoms with van der Waals surface area (Å²) < 4.78 is 7.26. The van der Waals surface area contributed by atoms with Gasteiger partial charge in [-0.25, -0.2) is 4.79 Å². The standard InChI is InChI=1S/C8H11BrN2O2/c1-3-13-8(12)6(2)11-5-7(9)4-10-11/h4-6H,3H2,1-2H3. The van der Waals surface area contributed by atoms with E-state index in [1.54, 1.807) is 30.9 Å². The van der Waals surface area contributed by atoms with Gasteiger partial charge in [0.25, 0.3) is 0 Å². The third-order valence-electron chi connectivity index (χ3n) is 1.59. The number of ether oxygens (including phenoxy) is 1. The molecule has 5 heteroatoms. The number of esters is 1. The summed E-state index contributed by atoms with van der Waals surface area (Å²) in [6.45, 7) is 3.92. The average molecular weight is 247 g/mol. The highest BCUT2D eigenvalue weighted by atomic mass is 79.9. The normalized spacial score (nSPS) is 12.5. The highest BCUT2D eigenvalue weighted by molar-refractivity contribution is 9.10. The Bertz CT molecular complexity index is 298. The van der Waals surface area contributed by atoms with Gasteiger partial charge in [-0.3, -0.25) is 4.68 Å². The van der Waals surface area contributed by atoms with Crippen molar-refractivity contribution in [2.24, 2.45) is 0 Å². The van der Waals surface area contributed by atoms with Gasteiger partial charge in [0, 0.05) is 6.20 Å². The maximum atomic E-state index is 11.3. The summed E-state index contributed by atoms with van der Waals surface area (Å²) in [5.74, 6) is -0.266. The molecule has 13 heavy (non-hydrogen) atoms. The third-order valence-corrected chi connectivity index (χ3v) is 2.00. The molecule has 4 nitrogen and oxygen atoms in total. The lowest BCUT2D eigenvalue weighted by Gasteiger charge is -2.09. The summed E-state index contributed by atoms with van der Waals surface area (Å²) in [5, 5.41) is 3.99. The summed E-state index contributed by atoms with van der Waals surface area (Å²) in [6.07, 6.45) is 3.37. The Morgan fingerprint density at radius 3 is 3.00 bits per heavy atom. The van der Waals surface area contributed by atoms with Crippen molar-refractivity contribution in [1.82, 2.24) is 9.78 Å². The van der Waals surface area contributed by atoms with Crippen LogP contribution in [0.3, 0.4) is 0 Å². The molecule has 0 radical (unpaired) electrons. The van der Waals surface area contributed by atoms with Crippen LogP contribution in [-0.2, 0) is 9.53 Å². The maximum absolute atomic E-state index is 11.3. The summed E-state index contributed by atoms with van der Waals surface area (Å²) in [4.78, 5) is 11.3. The van der Waals surface area contributed by atoms with E-state index in [1.165, 1.54) is 0 Å². The van der Waals surface area contributed by atoms with Gasteiger partial charge in [0.15, 0.2) is 0 Å². The fourth-order valence-electron chi connectivity index (χ4n) is 0.898. The first-order chi connectivity index (χ1) is 6.15. The maximum Gasteiger partial charge on any atom is 0.330 e. The van der Waals surface area contributed by atoms with Crippen LogP contribution in [-0.4, -0.2) is 22.4 Å². The monoisotopic (exact) mass is 246 g/mol. The highest BCUT2D eigenvalue weighted by Crippen LogP contribution is 2.12. The van der Waals surface area contributed by atoms with E-state index in [0.29, 0.717) is 6.61 Å². The Hall–Kier alpha value is -0.840. The second-order valence-electron chi connectivity index (χ2n) is 2.57. The minimum atomic E-state index is -0.369. The van der Waals surface area contributed by atoms with Gasteiger partial charge >= 0.3 is 5.97 Å². The predicted octanol–water partition coefficient (Wildman–Crippen LogP) is 1.77.